The first kappa shape index (κ1) is 12.5. The van der Waals surface area contributed by atoms with Crippen LogP contribution in [0.3, 0.4) is 0 Å². The molecule has 2 aromatic rings. The molecular weight excluding hydrogens is 254 g/mol. The van der Waals surface area contributed by atoms with Gasteiger partial charge in [0.05, 0.1) is 5.39 Å². The van der Waals surface area contributed by atoms with Crippen LogP contribution in [0.1, 0.15) is 6.92 Å². The molecule has 0 spiro atoms. The average molecular weight is 269 g/mol. The fourth-order valence-electron chi connectivity index (χ4n) is 1.57. The number of likely N-dealkylation sites (N-methyl/N-ethyl adjacent to an activating group) is 1. The zero-order valence-electron chi connectivity index (χ0n) is 10.1. The highest BCUT2D eigenvalue weighted by Gasteiger charge is 2.11. The Hall–Kier alpha value is -0.980. The van der Waals surface area contributed by atoms with Gasteiger partial charge in [-0.2, -0.15) is 0 Å². The lowest BCUT2D eigenvalue weighted by Gasteiger charge is -2.20. The maximum atomic E-state index is 12.2. The van der Waals surface area contributed by atoms with E-state index in [1.807, 2.05) is 25.5 Å². The predicted molar refractivity (Wildman–Crippen MR) is 74.4 cm³/mol. The third kappa shape index (κ3) is 2.34. The van der Waals surface area contributed by atoms with Crippen LogP contribution in [0.15, 0.2) is 16.2 Å². The van der Waals surface area contributed by atoms with Crippen molar-refractivity contribution in [3.8, 4) is 0 Å². The van der Waals surface area contributed by atoms with Crippen LogP contribution < -0.4 is 5.56 Å². The van der Waals surface area contributed by atoms with Crippen molar-refractivity contribution < 1.29 is 0 Å². The van der Waals surface area contributed by atoms with Gasteiger partial charge in [0.1, 0.15) is 4.83 Å². The minimum atomic E-state index is -0.00120. The maximum absolute atomic E-state index is 12.2. The number of nitrogens with zero attached hydrogens (tertiary/aromatic N) is 2. The Balaban J connectivity index is 2.54. The Morgan fingerprint density at radius 1 is 1.59 bits per heavy atom. The number of aromatic amines is 1. The highest BCUT2D eigenvalue weighted by atomic mass is 32.1. The number of thiophene rings is 1. The molecule has 0 bridgehead atoms. The fraction of sp³-hybridized carbons (Fsp3) is 0.455. The molecule has 0 amide bonds. The first-order valence-electron chi connectivity index (χ1n) is 5.37. The standard InChI is InChI=1S/C11H15N3OS2/c1-7(13(2)3)6-14-10(15)8-4-5-17-9(8)12-11(14)16/h4-5,7H,6H2,1-3H3,(H,12,16). The molecule has 0 aromatic carbocycles. The average Bonchev–Trinajstić information content (AvgIpc) is 2.71. The van der Waals surface area contributed by atoms with E-state index in [1.54, 1.807) is 4.57 Å². The van der Waals surface area contributed by atoms with Gasteiger partial charge in [0.15, 0.2) is 4.77 Å². The molecule has 0 radical (unpaired) electrons. The van der Waals surface area contributed by atoms with Crippen LogP contribution in [0.25, 0.3) is 10.2 Å². The molecule has 4 nitrogen and oxygen atoms in total. The lowest BCUT2D eigenvalue weighted by molar-refractivity contribution is 0.280. The van der Waals surface area contributed by atoms with Gasteiger partial charge in [-0.25, -0.2) is 0 Å². The normalized spacial score (nSPS) is 13.4. The Bertz CT molecular complexity index is 638. The van der Waals surface area contributed by atoms with E-state index in [1.165, 1.54) is 11.3 Å². The molecule has 17 heavy (non-hydrogen) atoms. The van der Waals surface area contributed by atoms with Gasteiger partial charge in [-0.3, -0.25) is 9.36 Å². The van der Waals surface area contributed by atoms with Gasteiger partial charge in [0.2, 0.25) is 0 Å². The maximum Gasteiger partial charge on any atom is 0.263 e. The topological polar surface area (TPSA) is 41.0 Å². The molecule has 0 fully saturated rings. The molecule has 0 aliphatic carbocycles. The predicted octanol–water partition coefficient (Wildman–Crippen LogP) is 2.07. The molecule has 1 unspecified atom stereocenters. The van der Waals surface area contributed by atoms with Gasteiger partial charge in [0, 0.05) is 12.6 Å². The third-order valence-electron chi connectivity index (χ3n) is 2.93. The Labute approximate surface area is 109 Å². The van der Waals surface area contributed by atoms with Crippen LogP contribution in [0, 0.1) is 4.77 Å². The molecule has 1 N–H and O–H groups in total. The van der Waals surface area contributed by atoms with E-state index in [-0.39, 0.29) is 11.6 Å². The molecule has 2 rings (SSSR count). The molecule has 2 heterocycles. The van der Waals surface area contributed by atoms with Crippen molar-refractivity contribution in [3.05, 3.63) is 26.6 Å². The summed E-state index contributed by atoms with van der Waals surface area (Å²) in [4.78, 5) is 18.3. The fourth-order valence-corrected chi connectivity index (χ4v) is 2.67. The van der Waals surface area contributed by atoms with Crippen LogP contribution in [-0.2, 0) is 6.54 Å². The summed E-state index contributed by atoms with van der Waals surface area (Å²) in [6, 6.07) is 2.10. The molecule has 92 valence electrons. The van der Waals surface area contributed by atoms with E-state index in [2.05, 4.69) is 16.8 Å². The summed E-state index contributed by atoms with van der Waals surface area (Å²) in [5.41, 5.74) is -0.00120. The second kappa shape index (κ2) is 4.72. The second-order valence-electron chi connectivity index (χ2n) is 4.32. The second-order valence-corrected chi connectivity index (χ2v) is 5.62. The van der Waals surface area contributed by atoms with Crippen molar-refractivity contribution in [1.82, 2.24) is 14.5 Å². The number of H-pyrrole nitrogens is 1. The summed E-state index contributed by atoms with van der Waals surface area (Å²) in [6.45, 7) is 2.67. The molecule has 0 saturated carbocycles. The zero-order valence-corrected chi connectivity index (χ0v) is 11.7. The van der Waals surface area contributed by atoms with Gasteiger partial charge >= 0.3 is 0 Å². The minimum absolute atomic E-state index is 0.00120. The van der Waals surface area contributed by atoms with E-state index < -0.39 is 0 Å². The van der Waals surface area contributed by atoms with Crippen LogP contribution >= 0.6 is 23.6 Å². The zero-order chi connectivity index (χ0) is 12.6. The number of fused-ring (bicyclic) bond motifs is 1. The number of hydrogen-bond acceptors (Lipinski definition) is 4. The van der Waals surface area contributed by atoms with Crippen molar-refractivity contribution in [1.29, 1.82) is 0 Å². The first-order valence-corrected chi connectivity index (χ1v) is 6.66. The lowest BCUT2D eigenvalue weighted by atomic mass is 10.3. The number of rotatable bonds is 3. The number of aromatic nitrogens is 2. The molecular formula is C11H15N3OS2. The highest BCUT2D eigenvalue weighted by molar-refractivity contribution is 7.71. The molecule has 0 saturated heterocycles. The van der Waals surface area contributed by atoms with Crippen LogP contribution in [-0.4, -0.2) is 34.6 Å². The molecule has 1 atom stereocenters. The number of hydrogen-bond donors (Lipinski definition) is 1. The van der Waals surface area contributed by atoms with Crippen molar-refractivity contribution in [2.24, 2.45) is 0 Å². The summed E-state index contributed by atoms with van der Waals surface area (Å²) in [5, 5.41) is 2.62. The van der Waals surface area contributed by atoms with E-state index >= 15 is 0 Å². The molecule has 0 aliphatic heterocycles. The van der Waals surface area contributed by atoms with Gasteiger partial charge < -0.3 is 9.88 Å². The van der Waals surface area contributed by atoms with E-state index in [0.717, 1.165) is 10.2 Å². The van der Waals surface area contributed by atoms with E-state index in [9.17, 15) is 4.79 Å². The van der Waals surface area contributed by atoms with Crippen molar-refractivity contribution in [3.63, 3.8) is 0 Å². The highest BCUT2D eigenvalue weighted by Crippen LogP contribution is 2.14. The van der Waals surface area contributed by atoms with Crippen LogP contribution in [0.4, 0.5) is 0 Å². The summed E-state index contributed by atoms with van der Waals surface area (Å²) in [5.74, 6) is 0. The lowest BCUT2D eigenvalue weighted by Crippen LogP contribution is -2.34. The Kier molecular flexibility index (Phi) is 3.46. The number of nitrogens with one attached hydrogen (secondary N) is 1. The summed E-state index contributed by atoms with van der Waals surface area (Å²) in [7, 11) is 3.98. The minimum Gasteiger partial charge on any atom is -0.323 e. The van der Waals surface area contributed by atoms with E-state index in [4.69, 9.17) is 12.2 Å². The SMILES string of the molecule is CC(Cn1c(=S)[nH]c2sccc2c1=O)N(C)C. The first-order chi connectivity index (χ1) is 8.00. The van der Waals surface area contributed by atoms with Gasteiger partial charge in [0.25, 0.3) is 5.56 Å². The molecule has 0 aliphatic rings. The van der Waals surface area contributed by atoms with Crippen LogP contribution in [0.5, 0.6) is 0 Å². The summed E-state index contributed by atoms with van der Waals surface area (Å²) in [6.07, 6.45) is 0. The quantitative estimate of drug-likeness (QED) is 0.867. The van der Waals surface area contributed by atoms with Gasteiger partial charge in [-0.15, -0.1) is 11.3 Å². The third-order valence-corrected chi connectivity index (χ3v) is 4.09. The molecule has 6 heteroatoms. The van der Waals surface area contributed by atoms with Crippen molar-refractivity contribution in [2.45, 2.75) is 19.5 Å². The summed E-state index contributed by atoms with van der Waals surface area (Å²) < 4.78 is 2.13. The smallest absolute Gasteiger partial charge is 0.263 e. The van der Waals surface area contributed by atoms with Gasteiger partial charge in [-0.05, 0) is 44.7 Å². The molecule has 2 aromatic heterocycles. The van der Waals surface area contributed by atoms with Crippen molar-refractivity contribution in [2.75, 3.05) is 14.1 Å². The monoisotopic (exact) mass is 269 g/mol. The largest absolute Gasteiger partial charge is 0.323 e. The summed E-state index contributed by atoms with van der Waals surface area (Å²) >= 11 is 6.74. The Morgan fingerprint density at radius 2 is 2.29 bits per heavy atom. The van der Waals surface area contributed by atoms with Gasteiger partial charge in [-0.1, -0.05) is 0 Å². The van der Waals surface area contributed by atoms with Crippen LogP contribution in [0.2, 0.25) is 0 Å². The van der Waals surface area contributed by atoms with E-state index in [0.29, 0.717) is 11.3 Å². The van der Waals surface area contributed by atoms with Crippen molar-refractivity contribution >= 4 is 33.8 Å². The Morgan fingerprint density at radius 3 is 2.94 bits per heavy atom.